The quantitative estimate of drug-likeness (QED) is 0.433. The maximum absolute atomic E-state index is 13.8. The Balaban J connectivity index is 1.60. The highest BCUT2D eigenvalue weighted by Gasteiger charge is 2.12. The largest absolute Gasteiger partial charge is 0.497 e. The molecular formula is C25H21FN4O2. The van der Waals surface area contributed by atoms with E-state index < -0.39 is 5.82 Å². The highest BCUT2D eigenvalue weighted by molar-refractivity contribution is 5.92. The van der Waals surface area contributed by atoms with Crippen LogP contribution in [-0.4, -0.2) is 29.5 Å². The third-order valence-electron chi connectivity index (χ3n) is 4.75. The molecule has 0 atom stereocenters. The molecule has 1 amide bonds. The van der Waals surface area contributed by atoms with Crippen molar-refractivity contribution in [2.45, 2.75) is 0 Å². The monoisotopic (exact) mass is 428 g/mol. The van der Waals surface area contributed by atoms with E-state index in [0.717, 1.165) is 16.9 Å². The molecule has 0 radical (unpaired) electrons. The molecule has 0 saturated carbocycles. The van der Waals surface area contributed by atoms with E-state index in [9.17, 15) is 9.18 Å². The number of nitrogens with one attached hydrogen (secondary N) is 2. The number of para-hydroxylation sites is 1. The van der Waals surface area contributed by atoms with E-state index in [1.165, 1.54) is 6.07 Å². The van der Waals surface area contributed by atoms with Crippen molar-refractivity contribution < 1.29 is 13.9 Å². The fourth-order valence-electron chi connectivity index (χ4n) is 3.12. The van der Waals surface area contributed by atoms with Gasteiger partial charge in [-0.2, -0.15) is 0 Å². The van der Waals surface area contributed by atoms with Gasteiger partial charge in [0, 0.05) is 11.1 Å². The lowest BCUT2D eigenvalue weighted by molar-refractivity contribution is -0.114. The molecule has 0 unspecified atom stereocenters. The van der Waals surface area contributed by atoms with Crippen LogP contribution in [0.5, 0.6) is 5.75 Å². The van der Waals surface area contributed by atoms with Crippen molar-refractivity contribution in [2.24, 2.45) is 0 Å². The number of ether oxygens (including phenoxy) is 1. The highest BCUT2D eigenvalue weighted by atomic mass is 19.1. The van der Waals surface area contributed by atoms with Gasteiger partial charge in [0.05, 0.1) is 30.7 Å². The van der Waals surface area contributed by atoms with Gasteiger partial charge in [-0.3, -0.25) is 10.1 Å². The van der Waals surface area contributed by atoms with Gasteiger partial charge in [-0.1, -0.05) is 42.5 Å². The molecular weight excluding hydrogens is 407 g/mol. The zero-order valence-electron chi connectivity index (χ0n) is 17.4. The molecule has 2 N–H and O–H groups in total. The summed E-state index contributed by atoms with van der Waals surface area (Å²) in [5, 5.41) is 5.49. The SMILES string of the molecule is COc1ccc(-c2cc(-c3ccccc3)nc(NC(=O)CNc3ccccc3F)n2)cc1. The fourth-order valence-corrected chi connectivity index (χ4v) is 3.12. The Morgan fingerprint density at radius 2 is 1.50 bits per heavy atom. The van der Waals surface area contributed by atoms with Crippen molar-refractivity contribution in [3.8, 4) is 28.3 Å². The van der Waals surface area contributed by atoms with Gasteiger partial charge in [0.2, 0.25) is 11.9 Å². The summed E-state index contributed by atoms with van der Waals surface area (Å²) < 4.78 is 19.0. The normalized spacial score (nSPS) is 10.4. The molecule has 0 spiro atoms. The number of methoxy groups -OCH3 is 1. The zero-order chi connectivity index (χ0) is 22.3. The van der Waals surface area contributed by atoms with Gasteiger partial charge in [0.1, 0.15) is 11.6 Å². The third kappa shape index (κ3) is 5.07. The van der Waals surface area contributed by atoms with Crippen molar-refractivity contribution in [2.75, 3.05) is 24.3 Å². The van der Waals surface area contributed by atoms with E-state index >= 15 is 0 Å². The first-order chi connectivity index (χ1) is 15.6. The molecule has 4 aromatic rings. The molecule has 0 fully saturated rings. The standard InChI is InChI=1S/C25H21FN4O2/c1-32-19-13-11-18(12-14-19)23-15-22(17-7-3-2-4-8-17)28-25(29-23)30-24(31)16-27-21-10-6-5-9-20(21)26/h2-15,27H,16H2,1H3,(H,28,29,30,31). The van der Waals surface area contributed by atoms with Crippen molar-refractivity contribution in [1.82, 2.24) is 9.97 Å². The fraction of sp³-hybridized carbons (Fsp3) is 0.0800. The van der Waals surface area contributed by atoms with Gasteiger partial charge in [0.25, 0.3) is 0 Å². The van der Waals surface area contributed by atoms with Crippen molar-refractivity contribution in [1.29, 1.82) is 0 Å². The van der Waals surface area contributed by atoms with E-state index in [-0.39, 0.29) is 24.1 Å². The molecule has 0 bridgehead atoms. The minimum atomic E-state index is -0.426. The van der Waals surface area contributed by atoms with Crippen LogP contribution in [0.4, 0.5) is 16.0 Å². The smallest absolute Gasteiger partial charge is 0.246 e. The minimum Gasteiger partial charge on any atom is -0.497 e. The average Bonchev–Trinajstić information content (AvgIpc) is 2.84. The Bertz CT molecular complexity index is 1210. The Hall–Kier alpha value is -4.26. The van der Waals surface area contributed by atoms with Crippen LogP contribution >= 0.6 is 0 Å². The summed E-state index contributed by atoms with van der Waals surface area (Å²) in [6.45, 7) is -0.127. The number of rotatable bonds is 7. The molecule has 1 aromatic heterocycles. The number of halogens is 1. The predicted molar refractivity (Wildman–Crippen MR) is 123 cm³/mol. The maximum atomic E-state index is 13.8. The second-order valence-corrected chi connectivity index (χ2v) is 6.94. The van der Waals surface area contributed by atoms with E-state index in [0.29, 0.717) is 11.4 Å². The molecule has 6 nitrogen and oxygen atoms in total. The van der Waals surface area contributed by atoms with Crippen LogP contribution in [-0.2, 0) is 4.79 Å². The highest BCUT2D eigenvalue weighted by Crippen LogP contribution is 2.26. The van der Waals surface area contributed by atoms with E-state index in [2.05, 4.69) is 20.6 Å². The summed E-state index contributed by atoms with van der Waals surface area (Å²) in [5.41, 5.74) is 3.32. The zero-order valence-corrected chi connectivity index (χ0v) is 17.4. The molecule has 160 valence electrons. The molecule has 32 heavy (non-hydrogen) atoms. The van der Waals surface area contributed by atoms with E-state index in [1.54, 1.807) is 25.3 Å². The second kappa shape index (κ2) is 9.70. The number of hydrogen-bond acceptors (Lipinski definition) is 5. The average molecular weight is 428 g/mol. The maximum Gasteiger partial charge on any atom is 0.246 e. The lowest BCUT2D eigenvalue weighted by atomic mass is 10.1. The summed E-state index contributed by atoms with van der Waals surface area (Å²) in [6, 6.07) is 25.1. The van der Waals surface area contributed by atoms with Crippen LogP contribution in [0.25, 0.3) is 22.5 Å². The molecule has 0 aliphatic heterocycles. The van der Waals surface area contributed by atoms with Crippen LogP contribution in [0.2, 0.25) is 0 Å². The summed E-state index contributed by atoms with van der Waals surface area (Å²) >= 11 is 0. The number of amides is 1. The molecule has 0 aliphatic carbocycles. The topological polar surface area (TPSA) is 76.1 Å². The molecule has 3 aromatic carbocycles. The van der Waals surface area contributed by atoms with Gasteiger partial charge in [0.15, 0.2) is 0 Å². The summed E-state index contributed by atoms with van der Waals surface area (Å²) in [4.78, 5) is 21.5. The number of hydrogen-bond donors (Lipinski definition) is 2. The van der Waals surface area contributed by atoms with Crippen LogP contribution in [0.1, 0.15) is 0 Å². The lowest BCUT2D eigenvalue weighted by Crippen LogP contribution is -2.23. The van der Waals surface area contributed by atoms with Gasteiger partial charge < -0.3 is 10.1 Å². The van der Waals surface area contributed by atoms with Crippen LogP contribution in [0.3, 0.4) is 0 Å². The number of benzene rings is 3. The molecule has 7 heteroatoms. The number of carbonyl (C=O) groups excluding carboxylic acids is 1. The third-order valence-corrected chi connectivity index (χ3v) is 4.75. The molecule has 1 heterocycles. The minimum absolute atomic E-state index is 0.127. The summed E-state index contributed by atoms with van der Waals surface area (Å²) in [5.74, 6) is 0.0832. The van der Waals surface area contributed by atoms with Crippen LogP contribution in [0, 0.1) is 5.82 Å². The predicted octanol–water partition coefficient (Wildman–Crippen LogP) is 5.01. The molecule has 0 aliphatic rings. The lowest BCUT2D eigenvalue weighted by Gasteiger charge is -2.11. The van der Waals surface area contributed by atoms with Crippen molar-refractivity contribution >= 4 is 17.5 Å². The Morgan fingerprint density at radius 3 is 2.16 bits per heavy atom. The number of aromatic nitrogens is 2. The Morgan fingerprint density at radius 1 is 0.875 bits per heavy atom. The second-order valence-electron chi connectivity index (χ2n) is 6.94. The van der Waals surface area contributed by atoms with Crippen molar-refractivity contribution in [3.63, 3.8) is 0 Å². The van der Waals surface area contributed by atoms with E-state index in [4.69, 9.17) is 4.74 Å². The van der Waals surface area contributed by atoms with Crippen molar-refractivity contribution in [3.05, 3.63) is 90.7 Å². The Kier molecular flexibility index (Phi) is 6.36. The first-order valence-electron chi connectivity index (χ1n) is 9.99. The van der Waals surface area contributed by atoms with Gasteiger partial charge in [-0.05, 0) is 42.5 Å². The van der Waals surface area contributed by atoms with E-state index in [1.807, 2.05) is 60.7 Å². The van der Waals surface area contributed by atoms with Gasteiger partial charge in [-0.25, -0.2) is 14.4 Å². The van der Waals surface area contributed by atoms with Crippen LogP contribution < -0.4 is 15.4 Å². The van der Waals surface area contributed by atoms with Crippen LogP contribution in [0.15, 0.2) is 84.9 Å². The summed E-state index contributed by atoms with van der Waals surface area (Å²) in [6.07, 6.45) is 0. The molecule has 0 saturated heterocycles. The number of nitrogens with zero attached hydrogens (tertiary/aromatic N) is 2. The number of carbonyl (C=O) groups is 1. The number of anilines is 2. The van der Waals surface area contributed by atoms with Gasteiger partial charge in [-0.15, -0.1) is 0 Å². The Labute approximate surface area is 185 Å². The summed E-state index contributed by atoms with van der Waals surface area (Å²) in [7, 11) is 1.61. The first-order valence-corrected chi connectivity index (χ1v) is 9.99. The first kappa shape index (κ1) is 21.0. The molecule has 4 rings (SSSR count). The van der Waals surface area contributed by atoms with Gasteiger partial charge >= 0.3 is 0 Å².